The third kappa shape index (κ3) is 8.10. The van der Waals surface area contributed by atoms with Gasteiger partial charge in [0, 0.05) is 11.8 Å². The van der Waals surface area contributed by atoms with Gasteiger partial charge in [-0.2, -0.15) is 0 Å². The van der Waals surface area contributed by atoms with Crippen molar-refractivity contribution in [1.29, 1.82) is 0 Å². The highest BCUT2D eigenvalue weighted by molar-refractivity contribution is 5.76. The van der Waals surface area contributed by atoms with Crippen molar-refractivity contribution in [3.63, 3.8) is 0 Å². The minimum absolute atomic E-state index is 0.282. The van der Waals surface area contributed by atoms with Crippen LogP contribution in [0.3, 0.4) is 0 Å². The van der Waals surface area contributed by atoms with E-state index in [-0.39, 0.29) is 11.8 Å². The molecule has 0 heterocycles. The zero-order valence-corrected chi connectivity index (χ0v) is 34.1. The fourth-order valence-electron chi connectivity index (χ4n) is 9.78. The molecule has 57 heavy (non-hydrogen) atoms. The van der Waals surface area contributed by atoms with Gasteiger partial charge in [-0.1, -0.05) is 221 Å². The number of rotatable bonds is 11. The van der Waals surface area contributed by atoms with Crippen LogP contribution in [0.5, 0.6) is 0 Å². The first kappa shape index (κ1) is 38.2. The molecule has 0 bridgehead atoms. The summed E-state index contributed by atoms with van der Waals surface area (Å²) >= 11 is 0. The molecule has 0 saturated heterocycles. The number of hydrogen-bond donors (Lipinski definition) is 0. The van der Waals surface area contributed by atoms with Crippen molar-refractivity contribution in [2.24, 2.45) is 5.92 Å². The molecule has 0 aromatic heterocycles. The van der Waals surface area contributed by atoms with Crippen molar-refractivity contribution in [3.8, 4) is 22.3 Å². The normalized spacial score (nSPS) is 16.9. The van der Waals surface area contributed by atoms with Gasteiger partial charge in [-0.15, -0.1) is 0 Å². The molecular weight excluding hydrogens is 685 g/mol. The van der Waals surface area contributed by atoms with Crippen molar-refractivity contribution in [1.82, 2.24) is 0 Å². The molecule has 0 nitrogen and oxygen atoms in total. The molecule has 0 spiro atoms. The molecule has 7 aromatic carbocycles. The average molecular weight is 741 g/mol. The van der Waals surface area contributed by atoms with E-state index < -0.39 is 0 Å². The van der Waals surface area contributed by atoms with Crippen molar-refractivity contribution < 1.29 is 0 Å². The molecule has 1 aliphatic rings. The van der Waals surface area contributed by atoms with Gasteiger partial charge in [-0.25, -0.2) is 0 Å². The van der Waals surface area contributed by atoms with Crippen molar-refractivity contribution in [2.45, 2.75) is 77.0 Å². The summed E-state index contributed by atoms with van der Waals surface area (Å²) in [6, 6.07) is 67.9. The molecule has 0 radical (unpaired) electrons. The van der Waals surface area contributed by atoms with E-state index in [1.54, 1.807) is 5.57 Å². The first-order valence-corrected chi connectivity index (χ1v) is 21.3. The summed E-state index contributed by atoms with van der Waals surface area (Å²) in [5.74, 6) is 1.75. The van der Waals surface area contributed by atoms with E-state index in [1.165, 1.54) is 78.9 Å². The summed E-state index contributed by atoms with van der Waals surface area (Å²) in [7, 11) is 0. The number of fused-ring (bicyclic) bond motifs is 1. The van der Waals surface area contributed by atoms with Gasteiger partial charge >= 0.3 is 0 Å². The second-order valence-electron chi connectivity index (χ2n) is 16.3. The van der Waals surface area contributed by atoms with Crippen LogP contribution in [0.2, 0.25) is 0 Å². The predicted octanol–water partition coefficient (Wildman–Crippen LogP) is 14.1. The highest BCUT2D eigenvalue weighted by atomic mass is 14.3. The SMILES string of the molecule is CC/C1=c2\c(-c3ccc(C(C)C(c4ccccc4)c4ccccc4)cc3)ccc(-c3ccc(C(C)C(c4ccccc4)c4ccccc4)cc3)\c2=C/CCCC1C. The molecule has 1 aliphatic carbocycles. The summed E-state index contributed by atoms with van der Waals surface area (Å²) in [6.07, 6.45) is 7.16. The summed E-state index contributed by atoms with van der Waals surface area (Å²) in [4.78, 5) is 0. The molecule has 8 rings (SSSR count). The molecule has 0 aliphatic heterocycles. The Kier molecular flexibility index (Phi) is 11.8. The Labute approximate surface area is 341 Å². The fourth-order valence-corrected chi connectivity index (χ4v) is 9.78. The lowest BCUT2D eigenvalue weighted by Gasteiger charge is -2.26. The Bertz CT molecular complexity index is 2400. The molecule has 3 atom stereocenters. The maximum Gasteiger partial charge on any atom is 0.0155 e. The molecule has 0 N–H and O–H groups in total. The quantitative estimate of drug-likeness (QED) is 0.124. The highest BCUT2D eigenvalue weighted by Gasteiger charge is 2.25. The van der Waals surface area contributed by atoms with Crippen LogP contribution in [-0.2, 0) is 0 Å². The molecule has 0 fully saturated rings. The molecule has 3 unspecified atom stereocenters. The third-order valence-corrected chi connectivity index (χ3v) is 12.9. The minimum Gasteiger partial charge on any atom is -0.0760 e. The second kappa shape index (κ2) is 17.6. The summed E-state index contributed by atoms with van der Waals surface area (Å²) in [5.41, 5.74) is 15.1. The molecular formula is C57H56. The third-order valence-electron chi connectivity index (χ3n) is 12.9. The smallest absolute Gasteiger partial charge is 0.0155 e. The van der Waals surface area contributed by atoms with Crippen LogP contribution < -0.4 is 10.4 Å². The van der Waals surface area contributed by atoms with Gasteiger partial charge in [0.05, 0.1) is 0 Å². The fraction of sp³-hybridized carbons (Fsp3) is 0.228. The topological polar surface area (TPSA) is 0 Å². The molecule has 284 valence electrons. The van der Waals surface area contributed by atoms with Crippen LogP contribution in [0.15, 0.2) is 182 Å². The Morgan fingerprint density at radius 1 is 0.456 bits per heavy atom. The van der Waals surface area contributed by atoms with E-state index in [9.17, 15) is 0 Å². The van der Waals surface area contributed by atoms with Crippen molar-refractivity contribution in [2.75, 3.05) is 0 Å². The Morgan fingerprint density at radius 2 is 0.842 bits per heavy atom. The standard InChI is InChI=1S/C57H56/c1-5-51-40(2)20-18-19-29-54-52(45-34-30-43(31-35-45)41(3)55(47-21-10-6-11-22-47)48-23-12-7-13-24-48)38-39-53(57(51)54)46-36-32-44(33-37-46)42(4)56(49-25-14-8-15-26-49)50-27-16-9-17-28-50/h6-17,21-42,55-56H,5,18-20H2,1-4H3/b54-29+,57-51-. The number of hydrogen-bond acceptors (Lipinski definition) is 0. The molecule has 0 saturated carbocycles. The number of benzene rings is 7. The zero-order valence-electron chi connectivity index (χ0n) is 34.1. The Balaban J connectivity index is 1.17. The zero-order chi connectivity index (χ0) is 39.1. The van der Waals surface area contributed by atoms with Crippen LogP contribution in [-0.4, -0.2) is 0 Å². The monoisotopic (exact) mass is 740 g/mol. The van der Waals surface area contributed by atoms with E-state index in [0.29, 0.717) is 17.8 Å². The highest BCUT2D eigenvalue weighted by Crippen LogP contribution is 2.40. The minimum atomic E-state index is 0.282. The predicted molar refractivity (Wildman–Crippen MR) is 244 cm³/mol. The lowest BCUT2D eigenvalue weighted by Crippen LogP contribution is -2.33. The van der Waals surface area contributed by atoms with Gasteiger partial charge in [0.2, 0.25) is 0 Å². The summed E-state index contributed by atoms with van der Waals surface area (Å²) < 4.78 is 0. The second-order valence-corrected chi connectivity index (χ2v) is 16.3. The maximum atomic E-state index is 2.55. The molecule has 0 heteroatoms. The van der Waals surface area contributed by atoms with Crippen LogP contribution in [0.1, 0.15) is 110 Å². The van der Waals surface area contributed by atoms with Gasteiger partial charge in [0.25, 0.3) is 0 Å². The van der Waals surface area contributed by atoms with Crippen LogP contribution in [0.25, 0.3) is 33.9 Å². The van der Waals surface area contributed by atoms with E-state index in [4.69, 9.17) is 0 Å². The van der Waals surface area contributed by atoms with Gasteiger partial charge in [0.15, 0.2) is 0 Å². The van der Waals surface area contributed by atoms with E-state index in [1.807, 2.05) is 0 Å². The van der Waals surface area contributed by atoms with Crippen molar-refractivity contribution >= 4 is 11.6 Å². The summed E-state index contributed by atoms with van der Waals surface area (Å²) in [5, 5.41) is 2.87. The Hall–Kier alpha value is -5.72. The van der Waals surface area contributed by atoms with Gasteiger partial charge in [-0.05, 0) is 110 Å². The van der Waals surface area contributed by atoms with Gasteiger partial charge in [-0.3, -0.25) is 0 Å². The first-order chi connectivity index (χ1) is 28.0. The van der Waals surface area contributed by atoms with E-state index >= 15 is 0 Å². The Morgan fingerprint density at radius 3 is 1.25 bits per heavy atom. The van der Waals surface area contributed by atoms with E-state index in [0.717, 1.165) is 12.8 Å². The lowest BCUT2D eigenvalue weighted by molar-refractivity contribution is 0.615. The first-order valence-electron chi connectivity index (χ1n) is 21.3. The van der Waals surface area contributed by atoms with Gasteiger partial charge in [0.1, 0.15) is 0 Å². The summed E-state index contributed by atoms with van der Waals surface area (Å²) in [6.45, 7) is 9.59. The lowest BCUT2D eigenvalue weighted by atomic mass is 9.78. The maximum absolute atomic E-state index is 2.55. The largest absolute Gasteiger partial charge is 0.0760 e. The van der Waals surface area contributed by atoms with Crippen molar-refractivity contribution in [3.05, 3.63) is 226 Å². The molecule has 0 amide bonds. The van der Waals surface area contributed by atoms with Crippen LogP contribution in [0.4, 0.5) is 0 Å². The average Bonchev–Trinajstić information content (AvgIpc) is 3.26. The van der Waals surface area contributed by atoms with Crippen LogP contribution >= 0.6 is 0 Å². The van der Waals surface area contributed by atoms with Crippen LogP contribution in [0, 0.1) is 5.92 Å². The van der Waals surface area contributed by atoms with Gasteiger partial charge < -0.3 is 0 Å². The molecule has 7 aromatic rings. The van der Waals surface area contributed by atoms with E-state index in [2.05, 4.69) is 216 Å².